The predicted molar refractivity (Wildman–Crippen MR) is 50.8 cm³/mol. The zero-order chi connectivity index (χ0) is 31.7. The van der Waals surface area contributed by atoms with E-state index >= 15 is 0 Å². The van der Waals surface area contributed by atoms with Crippen LogP contribution in [0, 0.1) is 0 Å². The lowest BCUT2D eigenvalue weighted by Gasteiger charge is -1.99. The molecule has 0 aliphatic carbocycles. The first-order valence-electron chi connectivity index (χ1n) is 7.20. The fourth-order valence-corrected chi connectivity index (χ4v) is 0.456. The highest BCUT2D eigenvalue weighted by Crippen LogP contribution is 1.96. The molecule has 0 rings (SSSR count). The van der Waals surface area contributed by atoms with E-state index in [1.807, 2.05) is 0 Å². The molecule has 0 atom stereocenters. The topological polar surface area (TPSA) is 428 Å². The van der Waals surface area contributed by atoms with E-state index in [1.54, 1.807) is 0 Å². The minimum atomic E-state index is 2.87. The van der Waals surface area contributed by atoms with Crippen molar-refractivity contribution in [3.63, 3.8) is 0 Å². The summed E-state index contributed by atoms with van der Waals surface area (Å²) in [5, 5.41) is 159. The smallest absolute Gasteiger partial charge is 0 e. The normalized spacial score (nSPS) is 11.6. The third-order valence-corrected chi connectivity index (χ3v) is 1.14. The van der Waals surface area contributed by atoms with Gasteiger partial charge in [0.25, 0.3) is 0 Å². The van der Waals surface area contributed by atoms with Crippen molar-refractivity contribution in [1.29, 1.82) is 0 Å². The molecule has 0 heterocycles. The van der Waals surface area contributed by atoms with E-state index in [0.717, 1.165) is 0 Å². The van der Waals surface area contributed by atoms with Crippen molar-refractivity contribution < 1.29 is 222 Å². The van der Waals surface area contributed by atoms with Crippen LogP contribution in [0.5, 0.6) is 0 Å². The molecule has 0 aliphatic rings. The lowest BCUT2D eigenvalue weighted by atomic mass is 14.0. The highest BCUT2D eigenvalue weighted by atomic mass is 18.0. The van der Waals surface area contributed by atoms with E-state index in [4.69, 9.17) is 10.5 Å². The van der Waals surface area contributed by atoms with E-state index in [0.29, 0.717) is 0 Å². The molecule has 0 bridgehead atoms. The van der Waals surface area contributed by atoms with Gasteiger partial charge in [-0.05, 0) is 80.6 Å². The molecule has 0 aromatic rings. The maximum Gasteiger partial charge on any atom is 0 e. The Bertz CT molecular complexity index is 411. The second-order valence-corrected chi connectivity index (χ2v) is 2.87. The van der Waals surface area contributed by atoms with E-state index in [9.17, 15) is 0 Å². The standard InChI is InChI=1S/H2O44/c1-3-5-7-9-11-13-15-17-19-21-23-25-27-29-31-33-35-37-39-41-43-44-42-40-38-36-34-32-30-28-26-24-22-20-18-16-14-12-10-8-6-4-2/h1-2H. The molecule has 44 heavy (non-hydrogen) atoms. The summed E-state index contributed by atoms with van der Waals surface area (Å²) in [6.07, 6.45) is 0. The summed E-state index contributed by atoms with van der Waals surface area (Å²) in [6, 6.07) is 0. The largest absolute Gasteiger partial charge is 0.219 e. The van der Waals surface area contributed by atoms with Gasteiger partial charge in [-0.15, -0.1) is 0 Å². The van der Waals surface area contributed by atoms with Gasteiger partial charge in [0.05, 0.1) is 0 Å². The summed E-state index contributed by atoms with van der Waals surface area (Å²) >= 11 is 0. The second kappa shape index (κ2) is 41.2. The molecular weight excluding hydrogens is 704 g/mol. The fraction of sp³-hybridized carbons (Fsp3) is 0. The summed E-state index contributed by atoms with van der Waals surface area (Å²) in [5.74, 6) is 0. The first-order chi connectivity index (χ1) is 21.9. The Kier molecular flexibility index (Phi) is 39.6. The van der Waals surface area contributed by atoms with Gasteiger partial charge in [0.2, 0.25) is 0 Å². The molecule has 44 nitrogen and oxygen atoms in total. The van der Waals surface area contributed by atoms with Crippen LogP contribution in [-0.2, 0) is 212 Å². The van der Waals surface area contributed by atoms with Gasteiger partial charge in [0.15, 0.2) is 0 Å². The van der Waals surface area contributed by atoms with Gasteiger partial charge in [-0.1, -0.05) is 0 Å². The first kappa shape index (κ1) is 42.2. The lowest BCUT2D eigenvalue weighted by molar-refractivity contribution is -0.909. The quantitative estimate of drug-likeness (QED) is 0.0367. The van der Waals surface area contributed by atoms with Crippen LogP contribution in [0.1, 0.15) is 0 Å². The van der Waals surface area contributed by atoms with Crippen LogP contribution in [0.2, 0.25) is 0 Å². The van der Waals surface area contributed by atoms with Crippen LogP contribution < -0.4 is 0 Å². The molecule has 0 amide bonds. The van der Waals surface area contributed by atoms with Gasteiger partial charge in [-0.3, -0.25) is 0 Å². The Morgan fingerprint density at radius 3 is 0.250 bits per heavy atom. The van der Waals surface area contributed by atoms with Crippen molar-refractivity contribution in [3.8, 4) is 0 Å². The van der Waals surface area contributed by atoms with Crippen LogP contribution >= 0.6 is 0 Å². The molecule has 44 heteroatoms. The van der Waals surface area contributed by atoms with E-state index in [1.165, 1.54) is 0 Å². The van der Waals surface area contributed by atoms with Gasteiger partial charge in [0, 0.05) is 131 Å². The molecule has 266 valence electrons. The van der Waals surface area contributed by atoms with Crippen molar-refractivity contribution in [1.82, 2.24) is 0 Å². The van der Waals surface area contributed by atoms with E-state index < -0.39 is 0 Å². The van der Waals surface area contributed by atoms with Crippen molar-refractivity contribution in [3.05, 3.63) is 0 Å². The van der Waals surface area contributed by atoms with Crippen molar-refractivity contribution >= 4 is 0 Å². The second-order valence-electron chi connectivity index (χ2n) is 2.87. The van der Waals surface area contributed by atoms with Crippen LogP contribution in [0.25, 0.3) is 0 Å². The monoisotopic (exact) mass is 706 g/mol. The highest BCUT2D eigenvalue weighted by molar-refractivity contribution is 3.12. The Balaban J connectivity index is 3.03. The Hall–Kier alpha value is -1.76. The SMILES string of the molecule is OOOOOOOOOOOOOOOOOOOOOOOOOOOOOOOOOOOOOOOOOOOO. The number of hydrogen-bond donors (Lipinski definition) is 2. The summed E-state index contributed by atoms with van der Waals surface area (Å²) in [6.45, 7) is 0. The molecule has 0 aromatic heterocycles. The maximum atomic E-state index is 7.55. The van der Waals surface area contributed by atoms with Crippen LogP contribution in [0.3, 0.4) is 0 Å². The van der Waals surface area contributed by atoms with Crippen LogP contribution in [0.15, 0.2) is 0 Å². The Morgan fingerprint density at radius 1 is 0.114 bits per heavy atom. The highest BCUT2D eigenvalue weighted by Gasteiger charge is 2.03. The summed E-state index contributed by atoms with van der Waals surface area (Å²) in [7, 11) is 0. The molecule has 0 radical (unpaired) electrons. The van der Waals surface area contributed by atoms with Gasteiger partial charge in [-0.2, -0.15) is 0 Å². The zero-order valence-electron chi connectivity index (χ0n) is 18.0. The fourth-order valence-electron chi connectivity index (χ4n) is 0.456. The molecule has 0 spiro atoms. The van der Waals surface area contributed by atoms with Crippen LogP contribution in [-0.4, -0.2) is 10.5 Å². The molecule has 0 aromatic carbocycles. The molecule has 2 N–H and O–H groups in total. The zero-order valence-corrected chi connectivity index (χ0v) is 18.0. The predicted octanol–water partition coefficient (Wildman–Crippen LogP) is -2.86. The minimum Gasteiger partial charge on any atom is -0.219 e. The first-order valence-corrected chi connectivity index (χ1v) is 7.20. The summed E-state index contributed by atoms with van der Waals surface area (Å²) in [4.78, 5) is 0. The number of hydrogen-bond acceptors (Lipinski definition) is 44. The molecule has 0 saturated heterocycles. The minimum absolute atomic E-state index is 2.87. The maximum absolute atomic E-state index is 7.55. The Labute approximate surface area is 224 Å². The van der Waals surface area contributed by atoms with Gasteiger partial charge >= 0.3 is 0 Å². The molecule has 0 unspecified atom stereocenters. The Morgan fingerprint density at radius 2 is 0.182 bits per heavy atom. The van der Waals surface area contributed by atoms with Crippen molar-refractivity contribution in [2.24, 2.45) is 0 Å². The average Bonchev–Trinajstić information content (AvgIpc) is 3.04. The van der Waals surface area contributed by atoms with Crippen molar-refractivity contribution in [2.75, 3.05) is 0 Å². The molecule has 0 saturated carbocycles. The van der Waals surface area contributed by atoms with E-state index in [2.05, 4.69) is 212 Å². The van der Waals surface area contributed by atoms with Crippen LogP contribution in [0.4, 0.5) is 0 Å². The van der Waals surface area contributed by atoms with Gasteiger partial charge in [0.1, 0.15) is 0 Å². The molecule has 0 fully saturated rings. The van der Waals surface area contributed by atoms with Gasteiger partial charge in [-0.25, -0.2) is 10.5 Å². The molecular formula is H2O44. The lowest BCUT2D eigenvalue weighted by Crippen LogP contribution is -2.06. The van der Waals surface area contributed by atoms with Gasteiger partial charge < -0.3 is 0 Å². The summed E-state index contributed by atoms with van der Waals surface area (Å²) in [5.41, 5.74) is 0. The third kappa shape index (κ3) is 40.2. The molecule has 0 aliphatic heterocycles. The third-order valence-electron chi connectivity index (χ3n) is 1.14. The average molecular weight is 706 g/mol. The van der Waals surface area contributed by atoms with Crippen molar-refractivity contribution in [2.45, 2.75) is 0 Å². The number of rotatable bonds is 41. The summed E-state index contributed by atoms with van der Waals surface area (Å²) < 4.78 is 0. The van der Waals surface area contributed by atoms with E-state index in [-0.39, 0.29) is 0 Å².